The summed E-state index contributed by atoms with van der Waals surface area (Å²) in [5.41, 5.74) is 5.36. The molecule has 5 rings (SSSR count). The number of hydrogen-bond donors (Lipinski definition) is 0. The second-order valence-corrected chi connectivity index (χ2v) is 8.30. The first-order valence-corrected chi connectivity index (χ1v) is 10.7. The molecule has 4 aromatic carbocycles. The van der Waals surface area contributed by atoms with Gasteiger partial charge in [-0.3, -0.25) is 4.79 Å². The van der Waals surface area contributed by atoms with Gasteiger partial charge in [0.1, 0.15) is 5.78 Å². The quantitative estimate of drug-likeness (QED) is 0.346. The van der Waals surface area contributed by atoms with E-state index in [0.717, 1.165) is 19.3 Å². The predicted molar refractivity (Wildman–Crippen MR) is 122 cm³/mol. The number of Topliss-reactive ketones (excluding diaryl/α,β-unsaturated/α-hetero) is 1. The molecule has 0 fully saturated rings. The van der Waals surface area contributed by atoms with Crippen LogP contribution >= 0.6 is 0 Å². The van der Waals surface area contributed by atoms with E-state index >= 15 is 0 Å². The molecule has 0 aromatic heterocycles. The highest BCUT2D eigenvalue weighted by molar-refractivity contribution is 6.11. The lowest BCUT2D eigenvalue weighted by Gasteiger charge is -2.32. The van der Waals surface area contributed by atoms with Crippen molar-refractivity contribution < 1.29 is 4.79 Å². The molecule has 2 atom stereocenters. The fraction of sp³-hybridized carbons (Fsp3) is 0.250. The van der Waals surface area contributed by atoms with Gasteiger partial charge in [0.25, 0.3) is 0 Å². The average molecular weight is 379 g/mol. The zero-order valence-corrected chi connectivity index (χ0v) is 17.1. The van der Waals surface area contributed by atoms with Crippen molar-refractivity contribution in [1.29, 1.82) is 0 Å². The summed E-state index contributed by atoms with van der Waals surface area (Å²) in [7, 11) is 0. The van der Waals surface area contributed by atoms with Crippen LogP contribution in [-0.2, 0) is 11.2 Å². The molecule has 1 aliphatic rings. The maximum atomic E-state index is 12.5. The molecular weight excluding hydrogens is 352 g/mol. The lowest BCUT2D eigenvalue weighted by molar-refractivity contribution is -0.118. The molecule has 0 aliphatic heterocycles. The fourth-order valence-corrected chi connectivity index (χ4v) is 5.35. The van der Waals surface area contributed by atoms with E-state index in [9.17, 15) is 4.79 Å². The maximum absolute atomic E-state index is 12.5. The number of rotatable bonds is 3. The molecule has 0 spiro atoms. The predicted octanol–water partition coefficient (Wildman–Crippen LogP) is 7.15. The minimum absolute atomic E-state index is 0.0194. The summed E-state index contributed by atoms with van der Waals surface area (Å²) < 4.78 is 0. The molecular formula is C28H26O. The van der Waals surface area contributed by atoms with Gasteiger partial charge in [-0.2, -0.15) is 0 Å². The summed E-state index contributed by atoms with van der Waals surface area (Å²) in [6, 6.07) is 26.4. The monoisotopic (exact) mass is 378 g/mol. The minimum atomic E-state index is 0.0194. The van der Waals surface area contributed by atoms with Gasteiger partial charge in [0.05, 0.1) is 0 Å². The zero-order chi connectivity index (χ0) is 20.0. The Bertz CT molecular complexity index is 1220. The van der Waals surface area contributed by atoms with E-state index in [4.69, 9.17) is 0 Å². The first kappa shape index (κ1) is 18.1. The summed E-state index contributed by atoms with van der Waals surface area (Å²) in [6.45, 7) is 3.98. The molecule has 144 valence electrons. The van der Waals surface area contributed by atoms with E-state index in [-0.39, 0.29) is 11.7 Å². The number of carbonyl (C=O) groups excluding carboxylic acids is 1. The average Bonchev–Trinajstić information content (AvgIpc) is 2.77. The van der Waals surface area contributed by atoms with Crippen LogP contribution in [0.15, 0.2) is 72.8 Å². The number of benzene rings is 4. The van der Waals surface area contributed by atoms with E-state index in [1.54, 1.807) is 6.92 Å². The van der Waals surface area contributed by atoms with Gasteiger partial charge in [-0.05, 0) is 70.0 Å². The number of aryl methyl sites for hydroxylation is 1. The number of fused-ring (bicyclic) bond motifs is 5. The van der Waals surface area contributed by atoms with Crippen molar-refractivity contribution in [2.24, 2.45) is 0 Å². The Morgan fingerprint density at radius 3 is 2.24 bits per heavy atom. The van der Waals surface area contributed by atoms with Crippen LogP contribution in [0.1, 0.15) is 60.8 Å². The van der Waals surface area contributed by atoms with E-state index < -0.39 is 0 Å². The molecule has 0 heterocycles. The molecule has 1 heteroatoms. The Morgan fingerprint density at radius 2 is 1.52 bits per heavy atom. The topological polar surface area (TPSA) is 17.1 Å². The highest BCUT2D eigenvalue weighted by Gasteiger charge is 2.32. The van der Waals surface area contributed by atoms with Crippen molar-refractivity contribution in [1.82, 2.24) is 0 Å². The zero-order valence-electron chi connectivity index (χ0n) is 17.1. The van der Waals surface area contributed by atoms with Gasteiger partial charge in [-0.25, -0.2) is 0 Å². The van der Waals surface area contributed by atoms with Crippen molar-refractivity contribution in [2.75, 3.05) is 0 Å². The normalized spacial score (nSPS) is 18.7. The van der Waals surface area contributed by atoms with Crippen molar-refractivity contribution in [3.63, 3.8) is 0 Å². The molecule has 0 bridgehead atoms. The molecule has 0 saturated heterocycles. The fourth-order valence-electron chi connectivity index (χ4n) is 5.35. The van der Waals surface area contributed by atoms with Crippen LogP contribution < -0.4 is 0 Å². The van der Waals surface area contributed by atoms with Crippen LogP contribution in [-0.4, -0.2) is 5.78 Å². The first-order chi connectivity index (χ1) is 14.2. The van der Waals surface area contributed by atoms with E-state index in [2.05, 4.69) is 79.7 Å². The second kappa shape index (κ2) is 7.15. The van der Waals surface area contributed by atoms with Gasteiger partial charge in [0.2, 0.25) is 0 Å². The molecule has 29 heavy (non-hydrogen) atoms. The molecule has 2 unspecified atom stereocenters. The molecule has 0 saturated carbocycles. The first-order valence-electron chi connectivity index (χ1n) is 10.7. The Balaban J connectivity index is 1.89. The Morgan fingerprint density at radius 1 is 0.828 bits per heavy atom. The van der Waals surface area contributed by atoms with E-state index in [1.165, 1.54) is 43.8 Å². The molecule has 0 radical (unpaired) electrons. The second-order valence-electron chi connectivity index (χ2n) is 8.30. The van der Waals surface area contributed by atoms with Gasteiger partial charge < -0.3 is 0 Å². The number of ketones is 1. The van der Waals surface area contributed by atoms with Crippen molar-refractivity contribution in [2.45, 2.75) is 44.9 Å². The summed E-state index contributed by atoms with van der Waals surface area (Å²) in [4.78, 5) is 12.5. The lowest BCUT2D eigenvalue weighted by atomic mass is 9.71. The van der Waals surface area contributed by atoms with Crippen LogP contribution in [0.4, 0.5) is 0 Å². The smallest absolute Gasteiger partial charge is 0.137 e. The van der Waals surface area contributed by atoms with Crippen molar-refractivity contribution >= 4 is 27.3 Å². The largest absolute Gasteiger partial charge is 0.299 e. The Hall–Kier alpha value is -2.93. The van der Waals surface area contributed by atoms with Crippen molar-refractivity contribution in [3.05, 3.63) is 95.1 Å². The molecule has 1 aliphatic carbocycles. The van der Waals surface area contributed by atoms with Crippen LogP contribution in [0.2, 0.25) is 0 Å². The highest BCUT2D eigenvalue weighted by atomic mass is 16.1. The highest BCUT2D eigenvalue weighted by Crippen LogP contribution is 2.47. The van der Waals surface area contributed by atoms with Gasteiger partial charge in [0, 0.05) is 11.8 Å². The Kier molecular flexibility index (Phi) is 4.47. The molecule has 4 aromatic rings. The number of hydrogen-bond acceptors (Lipinski definition) is 1. The standard InChI is InChI=1S/C28H26O/c1-3-19-17-27-25(24-12-8-7-11-22(19)24)15-16-26-21(18(2)29)13-14-23(28(26)27)20-9-5-4-6-10-20/h4-12,15-17,21,23H,3,13-14H2,1-2H3. The summed E-state index contributed by atoms with van der Waals surface area (Å²) in [5.74, 6) is 0.649. The van der Waals surface area contributed by atoms with Gasteiger partial charge >= 0.3 is 0 Å². The minimum Gasteiger partial charge on any atom is -0.299 e. The summed E-state index contributed by atoms with van der Waals surface area (Å²) in [5, 5.41) is 5.30. The number of carbonyl (C=O) groups is 1. The van der Waals surface area contributed by atoms with E-state index in [1.807, 2.05) is 0 Å². The van der Waals surface area contributed by atoms with Gasteiger partial charge in [-0.15, -0.1) is 0 Å². The Labute approximate surface area is 172 Å². The lowest BCUT2D eigenvalue weighted by Crippen LogP contribution is -2.20. The van der Waals surface area contributed by atoms with Crippen molar-refractivity contribution in [3.8, 4) is 0 Å². The van der Waals surface area contributed by atoms with Crippen LogP contribution in [0.25, 0.3) is 21.5 Å². The molecule has 1 nitrogen and oxygen atoms in total. The van der Waals surface area contributed by atoms with Gasteiger partial charge in [-0.1, -0.05) is 79.7 Å². The summed E-state index contributed by atoms with van der Waals surface area (Å²) >= 11 is 0. The third kappa shape index (κ3) is 2.88. The molecule has 0 N–H and O–H groups in total. The SMILES string of the molecule is CCc1cc2c3c(ccc2c2ccccc12)C(C(C)=O)CCC3c1ccccc1. The van der Waals surface area contributed by atoms with Crippen LogP contribution in [0.5, 0.6) is 0 Å². The molecule has 0 amide bonds. The maximum Gasteiger partial charge on any atom is 0.137 e. The third-order valence-corrected chi connectivity index (χ3v) is 6.74. The van der Waals surface area contributed by atoms with Crippen LogP contribution in [0.3, 0.4) is 0 Å². The van der Waals surface area contributed by atoms with Crippen LogP contribution in [0, 0.1) is 0 Å². The van der Waals surface area contributed by atoms with E-state index in [0.29, 0.717) is 5.92 Å². The third-order valence-electron chi connectivity index (χ3n) is 6.74. The summed E-state index contributed by atoms with van der Waals surface area (Å²) in [6.07, 6.45) is 2.96. The van der Waals surface area contributed by atoms with Gasteiger partial charge in [0.15, 0.2) is 0 Å².